The van der Waals surface area contributed by atoms with Crippen LogP contribution in [-0.2, 0) is 9.53 Å². The topological polar surface area (TPSA) is 71.8 Å². The van der Waals surface area contributed by atoms with E-state index in [1.54, 1.807) is 23.1 Å². The zero-order chi connectivity index (χ0) is 20.5. The molecule has 0 spiro atoms. The number of carbonyl (C=O) groups is 2. The van der Waals surface area contributed by atoms with Crippen LogP contribution in [0.4, 0.5) is 0 Å². The molecule has 2 rings (SSSR count). The number of hydrogen-bond acceptors (Lipinski definition) is 4. The molecule has 2 heterocycles. The summed E-state index contributed by atoms with van der Waals surface area (Å²) in [6, 6.07) is 3.15. The van der Waals surface area contributed by atoms with Crippen LogP contribution in [0.5, 0.6) is 0 Å². The number of allylic oxidation sites excluding steroid dienone is 5. The summed E-state index contributed by atoms with van der Waals surface area (Å²) in [4.78, 5) is 27.5. The van der Waals surface area contributed by atoms with Crippen LogP contribution in [0.3, 0.4) is 0 Å². The van der Waals surface area contributed by atoms with Gasteiger partial charge in [-0.1, -0.05) is 18.7 Å². The summed E-state index contributed by atoms with van der Waals surface area (Å²) < 4.78 is 11.0. The van der Waals surface area contributed by atoms with Crippen molar-refractivity contribution in [2.24, 2.45) is 0 Å². The van der Waals surface area contributed by atoms with Gasteiger partial charge in [0.05, 0.1) is 17.9 Å². The van der Waals surface area contributed by atoms with E-state index in [4.69, 9.17) is 9.15 Å². The number of piperidine rings is 1. The number of hydrogen-bond donors (Lipinski definition) is 1. The van der Waals surface area contributed by atoms with E-state index in [0.29, 0.717) is 28.9 Å². The molecule has 1 aromatic heterocycles. The number of carbonyl (C=O) groups excluding carboxylic acids is 2. The van der Waals surface area contributed by atoms with Crippen molar-refractivity contribution in [3.63, 3.8) is 0 Å². The van der Waals surface area contributed by atoms with Gasteiger partial charge < -0.3 is 19.4 Å². The van der Waals surface area contributed by atoms with Gasteiger partial charge in [-0.2, -0.15) is 0 Å². The molecule has 0 unspecified atom stereocenters. The summed E-state index contributed by atoms with van der Waals surface area (Å²) in [5, 5.41) is 2.70. The largest absolute Gasteiger partial charge is 0.496 e. The smallest absolute Gasteiger partial charge is 0.291 e. The van der Waals surface area contributed by atoms with E-state index in [-0.39, 0.29) is 17.4 Å². The zero-order valence-electron chi connectivity index (χ0n) is 16.2. The minimum atomic E-state index is -0.504. The van der Waals surface area contributed by atoms with Crippen LogP contribution in [0.15, 0.2) is 69.1 Å². The number of methoxy groups -OCH3 is 1. The minimum absolute atomic E-state index is 0.119. The maximum Gasteiger partial charge on any atom is 0.291 e. The maximum absolute atomic E-state index is 13.2. The molecule has 2 amide bonds. The van der Waals surface area contributed by atoms with Crippen molar-refractivity contribution >= 4 is 27.7 Å². The van der Waals surface area contributed by atoms with Crippen molar-refractivity contribution in [3.05, 3.63) is 70.5 Å². The third-order valence-electron chi connectivity index (χ3n) is 4.30. The zero-order valence-corrected chi connectivity index (χ0v) is 17.8. The molecule has 0 atom stereocenters. The summed E-state index contributed by atoms with van der Waals surface area (Å²) in [5.74, 6) is -0.133. The van der Waals surface area contributed by atoms with Crippen molar-refractivity contribution < 1.29 is 18.7 Å². The van der Waals surface area contributed by atoms with Gasteiger partial charge in [0.25, 0.3) is 11.8 Å². The van der Waals surface area contributed by atoms with Crippen molar-refractivity contribution in [2.45, 2.75) is 26.2 Å². The molecule has 1 aliphatic rings. The Kier molecular flexibility index (Phi) is 8.32. The van der Waals surface area contributed by atoms with Crippen molar-refractivity contribution in [3.8, 4) is 0 Å². The summed E-state index contributed by atoms with van der Waals surface area (Å²) in [6.45, 7) is 6.98. The second-order valence-electron chi connectivity index (χ2n) is 6.16. The Balaban J connectivity index is 2.50. The number of furan rings is 1. The monoisotopic (exact) mass is 448 g/mol. The van der Waals surface area contributed by atoms with E-state index < -0.39 is 5.91 Å². The Morgan fingerprint density at radius 1 is 1.32 bits per heavy atom. The maximum atomic E-state index is 13.2. The number of amides is 2. The molecule has 6 nitrogen and oxygen atoms in total. The molecule has 0 radical (unpaired) electrons. The molecule has 7 heteroatoms. The highest BCUT2D eigenvalue weighted by Gasteiger charge is 2.27. The molecule has 1 saturated heterocycles. The minimum Gasteiger partial charge on any atom is -0.496 e. The summed E-state index contributed by atoms with van der Waals surface area (Å²) in [7, 11) is 1.53. The lowest BCUT2D eigenvalue weighted by Crippen LogP contribution is -2.41. The third-order valence-corrected chi connectivity index (χ3v) is 5.13. The van der Waals surface area contributed by atoms with Gasteiger partial charge in [0.2, 0.25) is 0 Å². The van der Waals surface area contributed by atoms with E-state index in [0.717, 1.165) is 19.3 Å². The van der Waals surface area contributed by atoms with E-state index in [1.807, 2.05) is 13.0 Å². The molecule has 0 bridgehead atoms. The molecule has 150 valence electrons. The fourth-order valence-electron chi connectivity index (χ4n) is 2.89. The normalized spacial score (nSPS) is 16.3. The molecular formula is C21H25BrN2O4. The average Bonchev–Trinajstić information content (AvgIpc) is 3.26. The van der Waals surface area contributed by atoms with Crippen LogP contribution < -0.4 is 5.32 Å². The predicted molar refractivity (Wildman–Crippen MR) is 112 cm³/mol. The first-order valence-corrected chi connectivity index (χ1v) is 9.90. The number of rotatable bonds is 7. The SMILES string of the molecule is C=CC(=C(\C=C/C)OC)/C(Br)=C(\NC(=O)c1ccco1)C(=O)N1CCCCC1. The Labute approximate surface area is 173 Å². The van der Waals surface area contributed by atoms with Gasteiger partial charge in [-0.3, -0.25) is 9.59 Å². The van der Waals surface area contributed by atoms with Crippen molar-refractivity contribution in [1.29, 1.82) is 0 Å². The van der Waals surface area contributed by atoms with Crippen molar-refractivity contribution in [1.82, 2.24) is 10.2 Å². The molecule has 1 aromatic rings. The lowest BCUT2D eigenvalue weighted by molar-refractivity contribution is -0.128. The van der Waals surface area contributed by atoms with Crippen LogP contribution >= 0.6 is 15.9 Å². The molecule has 0 aromatic carbocycles. The van der Waals surface area contributed by atoms with Gasteiger partial charge in [0, 0.05) is 18.7 Å². The van der Waals surface area contributed by atoms with Crippen LogP contribution in [0.25, 0.3) is 0 Å². The van der Waals surface area contributed by atoms with Crippen LogP contribution in [0, 0.1) is 0 Å². The molecule has 0 aliphatic carbocycles. The van der Waals surface area contributed by atoms with E-state index in [2.05, 4.69) is 27.8 Å². The highest BCUT2D eigenvalue weighted by Crippen LogP contribution is 2.27. The van der Waals surface area contributed by atoms with Gasteiger partial charge in [-0.15, -0.1) is 0 Å². The van der Waals surface area contributed by atoms with Crippen molar-refractivity contribution in [2.75, 3.05) is 20.2 Å². The number of halogens is 1. The van der Waals surface area contributed by atoms with Gasteiger partial charge in [-0.05, 0) is 60.3 Å². The molecule has 1 fully saturated rings. The standard InChI is InChI=1S/C21H25BrN2O4/c1-4-10-16(27-3)15(5-2)18(22)19(21(26)24-12-7-6-8-13-24)23-20(25)17-11-9-14-28-17/h4-5,9-11,14H,2,6-8,12-13H2,1,3H3,(H,23,25)/b10-4-,16-15-,19-18+. The first kappa shape index (κ1) is 21.8. The molecule has 1 aliphatic heterocycles. The highest BCUT2D eigenvalue weighted by molar-refractivity contribution is 9.12. The molecule has 0 saturated carbocycles. The first-order valence-electron chi connectivity index (χ1n) is 9.11. The van der Waals surface area contributed by atoms with E-state index in [9.17, 15) is 9.59 Å². The Hall–Kier alpha value is -2.54. The summed E-state index contributed by atoms with van der Waals surface area (Å²) in [6.07, 6.45) is 9.53. The van der Waals surface area contributed by atoms with Crippen LogP contribution in [-0.4, -0.2) is 36.9 Å². The Morgan fingerprint density at radius 2 is 2.04 bits per heavy atom. The predicted octanol–water partition coefficient (Wildman–Crippen LogP) is 4.29. The van der Waals surface area contributed by atoms with E-state index in [1.165, 1.54) is 19.4 Å². The first-order chi connectivity index (χ1) is 13.5. The van der Waals surface area contributed by atoms with Gasteiger partial charge in [0.15, 0.2) is 5.76 Å². The number of ether oxygens (including phenoxy) is 1. The van der Waals surface area contributed by atoms with Gasteiger partial charge in [0.1, 0.15) is 11.5 Å². The number of nitrogens with one attached hydrogen (secondary N) is 1. The Bertz CT molecular complexity index is 800. The molecule has 28 heavy (non-hydrogen) atoms. The second-order valence-corrected chi connectivity index (χ2v) is 6.95. The number of likely N-dealkylation sites (tertiary alicyclic amines) is 1. The highest BCUT2D eigenvalue weighted by atomic mass is 79.9. The quantitative estimate of drug-likeness (QED) is 0.383. The fourth-order valence-corrected chi connectivity index (χ4v) is 3.52. The Morgan fingerprint density at radius 3 is 2.57 bits per heavy atom. The third kappa shape index (κ3) is 5.25. The average molecular weight is 449 g/mol. The molecular weight excluding hydrogens is 424 g/mol. The summed E-state index contributed by atoms with van der Waals surface area (Å²) in [5.41, 5.74) is 0.679. The summed E-state index contributed by atoms with van der Waals surface area (Å²) >= 11 is 3.49. The van der Waals surface area contributed by atoms with E-state index >= 15 is 0 Å². The molecule has 1 N–H and O–H groups in total. The van der Waals surface area contributed by atoms with Crippen LogP contribution in [0.1, 0.15) is 36.7 Å². The fraction of sp³-hybridized carbons (Fsp3) is 0.333. The lowest BCUT2D eigenvalue weighted by Gasteiger charge is -2.28. The van der Waals surface area contributed by atoms with Crippen LogP contribution in [0.2, 0.25) is 0 Å². The van der Waals surface area contributed by atoms with Gasteiger partial charge >= 0.3 is 0 Å². The second kappa shape index (κ2) is 10.7. The lowest BCUT2D eigenvalue weighted by atomic mass is 10.1. The van der Waals surface area contributed by atoms with Gasteiger partial charge in [-0.25, -0.2) is 0 Å². The number of nitrogens with zero attached hydrogens (tertiary/aromatic N) is 1.